The lowest BCUT2D eigenvalue weighted by molar-refractivity contribution is -0.116. The molecule has 158 valence electrons. The summed E-state index contributed by atoms with van der Waals surface area (Å²) in [7, 11) is -3.71. The van der Waals surface area contributed by atoms with E-state index in [9.17, 15) is 18.0 Å². The Hall–Kier alpha value is -2.45. The zero-order chi connectivity index (χ0) is 21.6. The van der Waals surface area contributed by atoms with Crippen molar-refractivity contribution in [2.45, 2.75) is 51.5 Å². The van der Waals surface area contributed by atoms with Crippen molar-refractivity contribution in [3.63, 3.8) is 0 Å². The highest BCUT2D eigenvalue weighted by molar-refractivity contribution is 7.89. The lowest BCUT2D eigenvalue weighted by Gasteiger charge is -2.19. The van der Waals surface area contributed by atoms with Gasteiger partial charge in [0.1, 0.15) is 6.54 Å². The molecule has 1 N–H and O–H groups in total. The van der Waals surface area contributed by atoms with Crippen molar-refractivity contribution < 1.29 is 13.2 Å². The molecule has 0 fully saturated rings. The third-order valence-electron chi connectivity index (χ3n) is 4.99. The number of anilines is 1. The molecular formula is C21H29N3O4S. The summed E-state index contributed by atoms with van der Waals surface area (Å²) in [5.41, 5.74) is 1.38. The second-order valence-corrected chi connectivity index (χ2v) is 8.84. The Labute approximate surface area is 172 Å². The van der Waals surface area contributed by atoms with Gasteiger partial charge in [0, 0.05) is 31.0 Å². The average molecular weight is 420 g/mol. The Morgan fingerprint density at radius 1 is 1.07 bits per heavy atom. The SMILES string of the molecule is CC[C@@H](C)c1ccc(NC(=O)Cn2cc(S(=O)(=O)N(CC)CC)ccc2=O)cc1. The molecule has 1 aromatic carbocycles. The summed E-state index contributed by atoms with van der Waals surface area (Å²) in [5, 5.41) is 2.75. The lowest BCUT2D eigenvalue weighted by Crippen LogP contribution is -2.33. The Bertz CT molecular complexity index is 993. The van der Waals surface area contributed by atoms with Gasteiger partial charge in [0.05, 0.1) is 4.90 Å². The molecule has 1 atom stereocenters. The second-order valence-electron chi connectivity index (χ2n) is 6.90. The molecule has 2 aromatic rings. The fourth-order valence-electron chi connectivity index (χ4n) is 2.98. The molecule has 0 saturated carbocycles. The number of carbonyl (C=O) groups excluding carboxylic acids is 1. The van der Waals surface area contributed by atoms with Gasteiger partial charge in [-0.2, -0.15) is 4.31 Å². The minimum Gasteiger partial charge on any atom is -0.325 e. The first-order valence-corrected chi connectivity index (χ1v) is 11.3. The number of hydrogen-bond acceptors (Lipinski definition) is 4. The van der Waals surface area contributed by atoms with Gasteiger partial charge in [0.2, 0.25) is 15.9 Å². The number of nitrogens with one attached hydrogen (secondary N) is 1. The van der Waals surface area contributed by atoms with E-state index in [4.69, 9.17) is 0 Å². The van der Waals surface area contributed by atoms with Crippen LogP contribution in [0.4, 0.5) is 5.69 Å². The van der Waals surface area contributed by atoms with E-state index in [2.05, 4.69) is 19.2 Å². The van der Waals surface area contributed by atoms with Crippen LogP contribution in [-0.2, 0) is 21.4 Å². The number of carbonyl (C=O) groups is 1. The molecule has 29 heavy (non-hydrogen) atoms. The highest BCUT2D eigenvalue weighted by Crippen LogP contribution is 2.20. The molecule has 7 nitrogen and oxygen atoms in total. The minimum atomic E-state index is -3.71. The molecule has 0 aliphatic carbocycles. The molecule has 0 saturated heterocycles. The lowest BCUT2D eigenvalue weighted by atomic mass is 9.99. The topological polar surface area (TPSA) is 88.5 Å². The number of amides is 1. The summed E-state index contributed by atoms with van der Waals surface area (Å²) in [6.45, 7) is 8.13. The number of rotatable bonds is 9. The van der Waals surface area contributed by atoms with Gasteiger partial charge in [-0.3, -0.25) is 9.59 Å². The summed E-state index contributed by atoms with van der Waals surface area (Å²) < 4.78 is 27.7. The molecule has 8 heteroatoms. The van der Waals surface area contributed by atoms with Crippen LogP contribution >= 0.6 is 0 Å². The number of sulfonamides is 1. The molecular weight excluding hydrogens is 390 g/mol. The maximum Gasteiger partial charge on any atom is 0.251 e. The summed E-state index contributed by atoms with van der Waals surface area (Å²) >= 11 is 0. The zero-order valence-electron chi connectivity index (χ0n) is 17.4. The van der Waals surface area contributed by atoms with Crippen molar-refractivity contribution in [1.29, 1.82) is 0 Å². The summed E-state index contributed by atoms with van der Waals surface area (Å²) in [4.78, 5) is 24.5. The standard InChI is InChI=1S/C21H29N3O4S/c1-5-16(4)17-8-10-18(11-9-17)22-20(25)15-23-14-19(12-13-21(23)26)29(27,28)24(6-2)7-3/h8-14,16H,5-7,15H2,1-4H3,(H,22,25)/t16-/m1/s1. The Kier molecular flexibility index (Phi) is 7.75. The first-order chi connectivity index (χ1) is 13.7. The number of pyridine rings is 1. The molecule has 0 radical (unpaired) electrons. The van der Waals surface area contributed by atoms with Gasteiger partial charge in [0.25, 0.3) is 5.56 Å². The van der Waals surface area contributed by atoms with E-state index in [0.29, 0.717) is 24.7 Å². The third kappa shape index (κ3) is 5.55. The minimum absolute atomic E-state index is 0.00786. The second kappa shape index (κ2) is 9.84. The van der Waals surface area contributed by atoms with Crippen molar-refractivity contribution in [3.8, 4) is 0 Å². The molecule has 1 amide bonds. The van der Waals surface area contributed by atoms with Crippen LogP contribution in [0.2, 0.25) is 0 Å². The third-order valence-corrected chi connectivity index (χ3v) is 7.02. The van der Waals surface area contributed by atoms with Gasteiger partial charge in [-0.1, -0.05) is 39.8 Å². The quantitative estimate of drug-likeness (QED) is 0.677. The molecule has 1 aromatic heterocycles. The smallest absolute Gasteiger partial charge is 0.251 e. The molecule has 0 aliphatic heterocycles. The maximum atomic E-state index is 12.7. The van der Waals surface area contributed by atoms with Crippen LogP contribution in [0.5, 0.6) is 0 Å². The van der Waals surface area contributed by atoms with E-state index in [1.807, 2.05) is 24.3 Å². The Morgan fingerprint density at radius 2 is 1.69 bits per heavy atom. The van der Waals surface area contributed by atoms with Crippen LogP contribution in [0.3, 0.4) is 0 Å². The monoisotopic (exact) mass is 419 g/mol. The predicted molar refractivity (Wildman–Crippen MR) is 115 cm³/mol. The van der Waals surface area contributed by atoms with E-state index in [1.54, 1.807) is 13.8 Å². The van der Waals surface area contributed by atoms with E-state index in [-0.39, 0.29) is 11.4 Å². The van der Waals surface area contributed by atoms with Crippen molar-refractivity contribution in [1.82, 2.24) is 8.87 Å². The van der Waals surface area contributed by atoms with Crippen molar-refractivity contribution in [2.24, 2.45) is 0 Å². The van der Waals surface area contributed by atoms with Crippen LogP contribution in [0.25, 0.3) is 0 Å². The predicted octanol–water partition coefficient (Wildman–Crippen LogP) is 3.03. The normalized spacial score (nSPS) is 12.7. The fourth-order valence-corrected chi connectivity index (χ4v) is 4.46. The van der Waals surface area contributed by atoms with E-state index >= 15 is 0 Å². The first kappa shape index (κ1) is 22.8. The van der Waals surface area contributed by atoms with E-state index < -0.39 is 21.5 Å². The Balaban J connectivity index is 2.17. The fraction of sp³-hybridized carbons (Fsp3) is 0.429. The van der Waals surface area contributed by atoms with Crippen LogP contribution in [0.1, 0.15) is 45.6 Å². The zero-order valence-corrected chi connectivity index (χ0v) is 18.2. The highest BCUT2D eigenvalue weighted by Gasteiger charge is 2.22. The van der Waals surface area contributed by atoms with Crippen LogP contribution in [0.15, 0.2) is 52.3 Å². The van der Waals surface area contributed by atoms with Gasteiger partial charge >= 0.3 is 0 Å². The van der Waals surface area contributed by atoms with Gasteiger partial charge in [-0.15, -0.1) is 0 Å². The molecule has 0 spiro atoms. The summed E-state index contributed by atoms with van der Waals surface area (Å²) in [5.74, 6) is 0.0367. The maximum absolute atomic E-state index is 12.7. The van der Waals surface area contributed by atoms with E-state index in [1.165, 1.54) is 28.2 Å². The number of aromatic nitrogens is 1. The number of nitrogens with zero attached hydrogens (tertiary/aromatic N) is 2. The number of benzene rings is 1. The van der Waals surface area contributed by atoms with Crippen LogP contribution < -0.4 is 10.9 Å². The van der Waals surface area contributed by atoms with Crippen molar-refractivity contribution in [2.75, 3.05) is 18.4 Å². The average Bonchev–Trinajstić information content (AvgIpc) is 2.70. The van der Waals surface area contributed by atoms with Gasteiger partial charge < -0.3 is 9.88 Å². The summed E-state index contributed by atoms with van der Waals surface area (Å²) in [6.07, 6.45) is 2.25. The summed E-state index contributed by atoms with van der Waals surface area (Å²) in [6, 6.07) is 10.0. The van der Waals surface area contributed by atoms with Crippen LogP contribution in [-0.4, -0.2) is 36.3 Å². The first-order valence-electron chi connectivity index (χ1n) is 9.83. The molecule has 0 aliphatic rings. The van der Waals surface area contributed by atoms with Gasteiger partial charge in [0.15, 0.2) is 0 Å². The molecule has 0 unspecified atom stereocenters. The van der Waals surface area contributed by atoms with Gasteiger partial charge in [-0.05, 0) is 36.1 Å². The van der Waals surface area contributed by atoms with Crippen LogP contribution in [0, 0.1) is 0 Å². The van der Waals surface area contributed by atoms with Crippen molar-refractivity contribution >= 4 is 21.6 Å². The Morgan fingerprint density at radius 3 is 2.24 bits per heavy atom. The van der Waals surface area contributed by atoms with Crippen molar-refractivity contribution in [3.05, 3.63) is 58.5 Å². The largest absolute Gasteiger partial charge is 0.325 e. The molecule has 2 rings (SSSR count). The molecule has 0 bridgehead atoms. The number of hydrogen-bond donors (Lipinski definition) is 1. The van der Waals surface area contributed by atoms with Gasteiger partial charge in [-0.25, -0.2) is 8.42 Å². The van der Waals surface area contributed by atoms with E-state index in [0.717, 1.165) is 11.0 Å². The molecule has 1 heterocycles. The highest BCUT2D eigenvalue weighted by atomic mass is 32.2.